The molecule has 0 aliphatic heterocycles. The molecule has 1 aromatic carbocycles. The van der Waals surface area contributed by atoms with Crippen LogP contribution in [0.25, 0.3) is 0 Å². The minimum absolute atomic E-state index is 0.191. The number of nitrogens with one attached hydrogen (secondary N) is 2. The van der Waals surface area contributed by atoms with Crippen LogP contribution < -0.4 is 16.4 Å². The maximum absolute atomic E-state index is 11.6. The van der Waals surface area contributed by atoms with Gasteiger partial charge in [-0.1, -0.05) is 30.4 Å². The summed E-state index contributed by atoms with van der Waals surface area (Å²) in [5, 5.41) is 5.61. The van der Waals surface area contributed by atoms with Gasteiger partial charge in [0.05, 0.1) is 0 Å². The molecule has 1 rings (SSSR count). The third-order valence-corrected chi connectivity index (χ3v) is 2.39. The van der Waals surface area contributed by atoms with Gasteiger partial charge in [-0.05, 0) is 32.4 Å². The molecule has 5 heteroatoms. The average molecular weight is 265 g/mol. The summed E-state index contributed by atoms with van der Waals surface area (Å²) in [5.74, 6) is 0. The van der Waals surface area contributed by atoms with Crippen molar-refractivity contribution < 1.29 is 4.79 Å². The highest BCUT2D eigenvalue weighted by molar-refractivity contribution is 7.80. The number of hydrogen-bond donors (Lipinski definition) is 3. The fourth-order valence-corrected chi connectivity index (χ4v) is 1.53. The molecule has 0 aromatic heterocycles. The van der Waals surface area contributed by atoms with E-state index in [1.807, 2.05) is 45.0 Å². The Kier molecular flexibility index (Phi) is 4.67. The predicted molar refractivity (Wildman–Crippen MR) is 77.5 cm³/mol. The lowest BCUT2D eigenvalue weighted by Crippen LogP contribution is -2.46. The number of amides is 2. The van der Waals surface area contributed by atoms with Crippen LogP contribution in [0.2, 0.25) is 0 Å². The average Bonchev–Trinajstić information content (AvgIpc) is 2.24. The predicted octanol–water partition coefficient (Wildman–Crippen LogP) is 1.92. The highest BCUT2D eigenvalue weighted by atomic mass is 32.1. The molecule has 0 heterocycles. The number of thiocarbonyl (C=S) groups is 1. The molecule has 0 bridgehead atoms. The molecule has 4 nitrogen and oxygen atoms in total. The van der Waals surface area contributed by atoms with Gasteiger partial charge in [-0.25, -0.2) is 4.79 Å². The third-order valence-electron chi connectivity index (χ3n) is 2.15. The minimum Gasteiger partial charge on any atom is -0.389 e. The maximum atomic E-state index is 11.6. The molecule has 0 aliphatic rings. The Morgan fingerprint density at radius 3 is 2.61 bits per heavy atom. The molecule has 0 spiro atoms. The molecule has 98 valence electrons. The Hall–Kier alpha value is -1.62. The lowest BCUT2D eigenvalue weighted by molar-refractivity contribution is 0.231. The van der Waals surface area contributed by atoms with E-state index in [2.05, 4.69) is 10.6 Å². The van der Waals surface area contributed by atoms with Crippen LogP contribution in [0.4, 0.5) is 4.79 Å². The van der Waals surface area contributed by atoms with Gasteiger partial charge in [0.1, 0.15) is 4.99 Å². The molecule has 0 saturated carbocycles. The van der Waals surface area contributed by atoms with Crippen LogP contribution in [-0.2, 0) is 6.54 Å². The molecule has 0 saturated heterocycles. The zero-order chi connectivity index (χ0) is 13.8. The molecule has 0 unspecified atom stereocenters. The van der Waals surface area contributed by atoms with E-state index in [-0.39, 0.29) is 11.6 Å². The monoisotopic (exact) mass is 265 g/mol. The second-order valence-electron chi connectivity index (χ2n) is 5.12. The van der Waals surface area contributed by atoms with Gasteiger partial charge in [0.25, 0.3) is 0 Å². The van der Waals surface area contributed by atoms with Crippen molar-refractivity contribution in [1.29, 1.82) is 0 Å². The molecular weight excluding hydrogens is 246 g/mol. The first-order valence-corrected chi connectivity index (χ1v) is 6.13. The quantitative estimate of drug-likeness (QED) is 0.731. The third kappa shape index (κ3) is 5.14. The summed E-state index contributed by atoms with van der Waals surface area (Å²) in [4.78, 5) is 11.9. The number of nitrogens with two attached hydrogens (primary N) is 1. The summed E-state index contributed by atoms with van der Waals surface area (Å²) in [5.41, 5.74) is 7.08. The van der Waals surface area contributed by atoms with E-state index in [9.17, 15) is 4.79 Å². The van der Waals surface area contributed by atoms with Crippen molar-refractivity contribution in [2.75, 3.05) is 0 Å². The van der Waals surface area contributed by atoms with Crippen LogP contribution in [0, 0.1) is 0 Å². The van der Waals surface area contributed by atoms with Gasteiger partial charge in [-0.3, -0.25) is 0 Å². The van der Waals surface area contributed by atoms with Crippen LogP contribution in [0.1, 0.15) is 31.9 Å². The van der Waals surface area contributed by atoms with Crippen molar-refractivity contribution in [3.63, 3.8) is 0 Å². The van der Waals surface area contributed by atoms with E-state index < -0.39 is 0 Å². The zero-order valence-corrected chi connectivity index (χ0v) is 11.7. The summed E-state index contributed by atoms with van der Waals surface area (Å²) >= 11 is 4.91. The molecule has 0 atom stereocenters. The lowest BCUT2D eigenvalue weighted by Gasteiger charge is -2.20. The van der Waals surface area contributed by atoms with Gasteiger partial charge in [0, 0.05) is 17.6 Å². The van der Waals surface area contributed by atoms with Crippen molar-refractivity contribution in [3.05, 3.63) is 35.4 Å². The number of rotatable bonds is 3. The highest BCUT2D eigenvalue weighted by Crippen LogP contribution is 2.05. The van der Waals surface area contributed by atoms with Gasteiger partial charge in [-0.15, -0.1) is 0 Å². The molecule has 0 radical (unpaired) electrons. The fourth-order valence-electron chi connectivity index (χ4n) is 1.40. The zero-order valence-electron chi connectivity index (χ0n) is 10.9. The van der Waals surface area contributed by atoms with Gasteiger partial charge < -0.3 is 16.4 Å². The minimum atomic E-state index is -0.245. The fraction of sp³-hybridized carbons (Fsp3) is 0.385. The van der Waals surface area contributed by atoms with Crippen molar-refractivity contribution in [2.45, 2.75) is 32.9 Å². The first-order valence-electron chi connectivity index (χ1n) is 5.73. The van der Waals surface area contributed by atoms with Crippen molar-refractivity contribution in [2.24, 2.45) is 5.73 Å². The Labute approximate surface area is 113 Å². The summed E-state index contributed by atoms with van der Waals surface area (Å²) in [6.45, 7) is 6.23. The Morgan fingerprint density at radius 2 is 2.06 bits per heavy atom. The lowest BCUT2D eigenvalue weighted by atomic mass is 10.1. The number of benzene rings is 1. The van der Waals surface area contributed by atoms with E-state index in [4.69, 9.17) is 18.0 Å². The van der Waals surface area contributed by atoms with E-state index in [1.165, 1.54) is 0 Å². The van der Waals surface area contributed by atoms with Crippen LogP contribution >= 0.6 is 12.2 Å². The van der Waals surface area contributed by atoms with Gasteiger partial charge in [-0.2, -0.15) is 0 Å². The van der Waals surface area contributed by atoms with Gasteiger partial charge in [0.15, 0.2) is 0 Å². The topological polar surface area (TPSA) is 67.2 Å². The van der Waals surface area contributed by atoms with Crippen LogP contribution in [0.3, 0.4) is 0 Å². The second-order valence-corrected chi connectivity index (χ2v) is 5.56. The van der Waals surface area contributed by atoms with Crippen molar-refractivity contribution >= 4 is 23.2 Å². The largest absolute Gasteiger partial charge is 0.389 e. The molecule has 1 aromatic rings. The first kappa shape index (κ1) is 14.4. The summed E-state index contributed by atoms with van der Waals surface area (Å²) in [7, 11) is 0. The summed E-state index contributed by atoms with van der Waals surface area (Å²) < 4.78 is 0. The molecule has 0 aliphatic carbocycles. The highest BCUT2D eigenvalue weighted by Gasteiger charge is 2.12. The second kappa shape index (κ2) is 5.82. The number of carbonyl (C=O) groups is 1. The van der Waals surface area contributed by atoms with E-state index in [0.717, 1.165) is 11.1 Å². The molecule has 0 fully saturated rings. The maximum Gasteiger partial charge on any atom is 0.315 e. The molecule has 4 N–H and O–H groups in total. The van der Waals surface area contributed by atoms with E-state index >= 15 is 0 Å². The Morgan fingerprint density at radius 1 is 1.39 bits per heavy atom. The number of carbonyl (C=O) groups excluding carboxylic acids is 1. The van der Waals surface area contributed by atoms with E-state index in [0.29, 0.717) is 11.5 Å². The van der Waals surface area contributed by atoms with Crippen LogP contribution in [-0.4, -0.2) is 16.6 Å². The number of urea groups is 1. The van der Waals surface area contributed by atoms with Crippen LogP contribution in [0.15, 0.2) is 24.3 Å². The Bertz CT molecular complexity index is 452. The SMILES string of the molecule is CC(C)(C)NC(=O)NCc1cccc(C(N)=S)c1. The Balaban J connectivity index is 2.56. The standard InChI is InChI=1S/C13H19N3OS/c1-13(2,3)16-12(17)15-8-9-5-4-6-10(7-9)11(14)18/h4-7H,8H2,1-3H3,(H2,14,18)(H2,15,16,17). The first-order chi connectivity index (χ1) is 8.28. The van der Waals surface area contributed by atoms with Crippen molar-refractivity contribution in [3.8, 4) is 0 Å². The van der Waals surface area contributed by atoms with E-state index in [1.54, 1.807) is 0 Å². The van der Waals surface area contributed by atoms with Crippen LogP contribution in [0.5, 0.6) is 0 Å². The molecular formula is C13H19N3OS. The number of hydrogen-bond acceptors (Lipinski definition) is 2. The summed E-state index contributed by atoms with van der Waals surface area (Å²) in [6.07, 6.45) is 0. The van der Waals surface area contributed by atoms with Gasteiger partial charge in [0.2, 0.25) is 0 Å². The van der Waals surface area contributed by atoms with Gasteiger partial charge >= 0.3 is 6.03 Å². The summed E-state index contributed by atoms with van der Waals surface area (Å²) in [6, 6.07) is 7.32. The molecule has 2 amide bonds. The van der Waals surface area contributed by atoms with Crippen molar-refractivity contribution in [1.82, 2.24) is 10.6 Å². The normalized spacial score (nSPS) is 10.8. The molecule has 18 heavy (non-hydrogen) atoms. The smallest absolute Gasteiger partial charge is 0.315 e.